The highest BCUT2D eigenvalue weighted by Gasteiger charge is 1.98. The van der Waals surface area contributed by atoms with Crippen LogP contribution in [0.25, 0.3) is 0 Å². The summed E-state index contributed by atoms with van der Waals surface area (Å²) in [6.45, 7) is 0.160. The molecule has 1 heterocycles. The topological polar surface area (TPSA) is 58.0 Å². The minimum atomic E-state index is 0.160. The molecule has 0 unspecified atom stereocenters. The molecule has 2 rings (SSSR count). The summed E-state index contributed by atoms with van der Waals surface area (Å²) in [7, 11) is 0. The average molecular weight is 250 g/mol. The van der Waals surface area contributed by atoms with Gasteiger partial charge in [-0.3, -0.25) is 0 Å². The van der Waals surface area contributed by atoms with E-state index < -0.39 is 0 Å². The number of benzene rings is 1. The second-order valence-electron chi connectivity index (χ2n) is 3.52. The van der Waals surface area contributed by atoms with Gasteiger partial charge < -0.3 is 10.4 Å². The van der Waals surface area contributed by atoms with Crippen molar-refractivity contribution in [3.8, 4) is 0 Å². The molecular formula is C12H12ClN3O. The third-order valence-electron chi connectivity index (χ3n) is 2.23. The molecule has 0 atom stereocenters. The van der Waals surface area contributed by atoms with Crippen LogP contribution in [0.15, 0.2) is 36.7 Å². The molecular weight excluding hydrogens is 238 g/mol. The summed E-state index contributed by atoms with van der Waals surface area (Å²) in [6, 6.07) is 7.74. The maximum absolute atomic E-state index is 8.80. The fourth-order valence-corrected chi connectivity index (χ4v) is 1.49. The first-order valence-electron chi connectivity index (χ1n) is 5.22. The van der Waals surface area contributed by atoms with Crippen LogP contribution in [0.2, 0.25) is 5.02 Å². The minimum absolute atomic E-state index is 0.160. The van der Waals surface area contributed by atoms with Crippen LogP contribution in [0.5, 0.6) is 0 Å². The van der Waals surface area contributed by atoms with Crippen LogP contribution in [0.3, 0.4) is 0 Å². The smallest absolute Gasteiger partial charge is 0.227 e. The first-order valence-corrected chi connectivity index (χ1v) is 5.60. The van der Waals surface area contributed by atoms with Crippen molar-refractivity contribution in [2.45, 2.75) is 6.42 Å². The van der Waals surface area contributed by atoms with Gasteiger partial charge in [0.15, 0.2) is 0 Å². The van der Waals surface area contributed by atoms with Crippen molar-refractivity contribution in [3.63, 3.8) is 0 Å². The lowest BCUT2D eigenvalue weighted by Crippen LogP contribution is -1.96. The fraction of sp³-hybridized carbons (Fsp3) is 0.167. The molecule has 0 radical (unpaired) electrons. The number of nitrogens with zero attached hydrogens (tertiary/aromatic N) is 2. The quantitative estimate of drug-likeness (QED) is 0.874. The number of aliphatic hydroxyl groups is 1. The number of hydrogen-bond donors (Lipinski definition) is 2. The standard InChI is InChI=1S/C12H12ClN3O/c13-10-7-14-12(15-8-10)16-11-3-1-9(2-4-11)5-6-17/h1-4,7-8,17H,5-6H2,(H,14,15,16). The van der Waals surface area contributed by atoms with Crippen molar-refractivity contribution in [1.82, 2.24) is 9.97 Å². The van der Waals surface area contributed by atoms with Gasteiger partial charge in [0, 0.05) is 12.3 Å². The summed E-state index contributed by atoms with van der Waals surface area (Å²) < 4.78 is 0. The maximum atomic E-state index is 8.80. The predicted molar refractivity (Wildman–Crippen MR) is 67.6 cm³/mol. The Hall–Kier alpha value is -1.65. The molecule has 0 saturated heterocycles. The Labute approximate surface area is 104 Å². The first kappa shape index (κ1) is 11.8. The van der Waals surface area contributed by atoms with Crippen LogP contribution in [0.4, 0.5) is 11.6 Å². The largest absolute Gasteiger partial charge is 0.396 e. The van der Waals surface area contributed by atoms with E-state index >= 15 is 0 Å². The van der Waals surface area contributed by atoms with Crippen LogP contribution in [0, 0.1) is 0 Å². The van der Waals surface area contributed by atoms with Crippen LogP contribution >= 0.6 is 11.6 Å². The lowest BCUT2D eigenvalue weighted by Gasteiger charge is -2.05. The van der Waals surface area contributed by atoms with E-state index in [9.17, 15) is 0 Å². The van der Waals surface area contributed by atoms with Crippen LogP contribution in [-0.2, 0) is 6.42 Å². The van der Waals surface area contributed by atoms with Crippen molar-refractivity contribution in [3.05, 3.63) is 47.2 Å². The van der Waals surface area contributed by atoms with Crippen molar-refractivity contribution in [2.75, 3.05) is 11.9 Å². The summed E-state index contributed by atoms with van der Waals surface area (Å²) in [4.78, 5) is 8.08. The van der Waals surface area contributed by atoms with Gasteiger partial charge >= 0.3 is 0 Å². The van der Waals surface area contributed by atoms with E-state index in [1.54, 1.807) is 0 Å². The number of aliphatic hydroxyl groups excluding tert-OH is 1. The van der Waals surface area contributed by atoms with Gasteiger partial charge in [-0.25, -0.2) is 9.97 Å². The van der Waals surface area contributed by atoms with Gasteiger partial charge in [-0.15, -0.1) is 0 Å². The lowest BCUT2D eigenvalue weighted by molar-refractivity contribution is 0.299. The molecule has 88 valence electrons. The van der Waals surface area contributed by atoms with Crippen molar-refractivity contribution < 1.29 is 5.11 Å². The molecule has 5 heteroatoms. The van der Waals surface area contributed by atoms with Crippen molar-refractivity contribution in [2.24, 2.45) is 0 Å². The highest BCUT2D eigenvalue weighted by atomic mass is 35.5. The van der Waals surface area contributed by atoms with E-state index in [4.69, 9.17) is 16.7 Å². The molecule has 0 spiro atoms. The summed E-state index contributed by atoms with van der Waals surface area (Å²) in [5.74, 6) is 0.504. The van der Waals surface area contributed by atoms with Crippen LogP contribution in [0.1, 0.15) is 5.56 Å². The van der Waals surface area contributed by atoms with E-state index in [2.05, 4.69) is 15.3 Å². The summed E-state index contributed by atoms with van der Waals surface area (Å²) >= 11 is 5.69. The normalized spacial score (nSPS) is 10.2. The highest BCUT2D eigenvalue weighted by molar-refractivity contribution is 6.30. The van der Waals surface area contributed by atoms with Gasteiger partial charge in [0.1, 0.15) is 0 Å². The van der Waals surface area contributed by atoms with E-state index in [1.807, 2.05) is 24.3 Å². The molecule has 2 aromatic rings. The molecule has 1 aromatic carbocycles. The molecule has 0 fully saturated rings. The van der Waals surface area contributed by atoms with Crippen molar-refractivity contribution >= 4 is 23.2 Å². The Morgan fingerprint density at radius 3 is 2.35 bits per heavy atom. The summed E-state index contributed by atoms with van der Waals surface area (Å²) in [6.07, 6.45) is 3.74. The van der Waals surface area contributed by atoms with Crippen LogP contribution in [-0.4, -0.2) is 21.7 Å². The van der Waals surface area contributed by atoms with Gasteiger partial charge in [-0.2, -0.15) is 0 Å². The first-order chi connectivity index (χ1) is 8.28. The number of rotatable bonds is 4. The molecule has 1 aromatic heterocycles. The zero-order valence-corrected chi connectivity index (χ0v) is 9.85. The Bertz CT molecular complexity index is 470. The molecule has 0 saturated carbocycles. The van der Waals surface area contributed by atoms with E-state index in [-0.39, 0.29) is 6.61 Å². The monoisotopic (exact) mass is 249 g/mol. The Morgan fingerprint density at radius 2 is 1.76 bits per heavy atom. The molecule has 0 amide bonds. The van der Waals surface area contributed by atoms with Gasteiger partial charge in [0.25, 0.3) is 0 Å². The van der Waals surface area contributed by atoms with E-state index in [0.717, 1.165) is 11.3 Å². The predicted octanol–water partition coefficient (Wildman–Crippen LogP) is 2.41. The summed E-state index contributed by atoms with van der Waals surface area (Å²) in [5, 5.41) is 12.4. The maximum Gasteiger partial charge on any atom is 0.227 e. The lowest BCUT2D eigenvalue weighted by atomic mass is 10.1. The fourth-order valence-electron chi connectivity index (χ4n) is 1.39. The Kier molecular flexibility index (Phi) is 3.90. The van der Waals surface area contributed by atoms with Crippen molar-refractivity contribution in [1.29, 1.82) is 0 Å². The molecule has 0 aliphatic heterocycles. The zero-order chi connectivity index (χ0) is 12.1. The van der Waals surface area contributed by atoms with Crippen LogP contribution < -0.4 is 5.32 Å². The SMILES string of the molecule is OCCc1ccc(Nc2ncc(Cl)cn2)cc1. The molecule has 0 aliphatic carbocycles. The number of anilines is 2. The van der Waals surface area contributed by atoms with E-state index in [1.165, 1.54) is 12.4 Å². The molecule has 2 N–H and O–H groups in total. The average Bonchev–Trinajstić information content (AvgIpc) is 2.35. The second kappa shape index (κ2) is 5.61. The van der Waals surface area contributed by atoms with Gasteiger partial charge in [-0.1, -0.05) is 23.7 Å². The van der Waals surface area contributed by atoms with Gasteiger partial charge in [0.05, 0.1) is 17.4 Å². The van der Waals surface area contributed by atoms with Gasteiger partial charge in [0.2, 0.25) is 5.95 Å². The number of nitrogens with one attached hydrogen (secondary N) is 1. The number of halogens is 1. The van der Waals surface area contributed by atoms with E-state index in [0.29, 0.717) is 17.4 Å². The zero-order valence-electron chi connectivity index (χ0n) is 9.10. The minimum Gasteiger partial charge on any atom is -0.396 e. The molecule has 0 bridgehead atoms. The van der Waals surface area contributed by atoms with Gasteiger partial charge in [-0.05, 0) is 24.1 Å². The number of hydrogen-bond acceptors (Lipinski definition) is 4. The summed E-state index contributed by atoms with van der Waals surface area (Å²) in [5.41, 5.74) is 1.99. The Morgan fingerprint density at radius 1 is 1.12 bits per heavy atom. The highest BCUT2D eigenvalue weighted by Crippen LogP contribution is 2.14. The number of aromatic nitrogens is 2. The third kappa shape index (κ3) is 3.41. The molecule has 17 heavy (non-hydrogen) atoms. The Balaban J connectivity index is 2.05. The molecule has 0 aliphatic rings. The second-order valence-corrected chi connectivity index (χ2v) is 3.96. The third-order valence-corrected chi connectivity index (χ3v) is 2.43. The molecule has 4 nitrogen and oxygen atoms in total.